The fraction of sp³-hybridized carbons (Fsp3) is 0.190. The maximum absolute atomic E-state index is 12.7. The second-order valence-corrected chi connectivity index (χ2v) is 8.11. The molecule has 156 valence electrons. The SMILES string of the molecule is CCOc1cc(Br)cc(C=C2SC(=Nc3ccc(C(=O)OC)cc3)N(C)C2=O)c1O. The smallest absolute Gasteiger partial charge is 0.337 e. The second kappa shape index (κ2) is 9.36. The van der Waals surface area contributed by atoms with Crippen LogP contribution in [0.2, 0.25) is 0 Å². The van der Waals surface area contributed by atoms with Crippen LogP contribution in [-0.2, 0) is 9.53 Å². The van der Waals surface area contributed by atoms with E-state index in [1.807, 2.05) is 6.92 Å². The van der Waals surface area contributed by atoms with Crippen molar-refractivity contribution in [3.63, 3.8) is 0 Å². The zero-order valence-electron chi connectivity index (χ0n) is 16.5. The summed E-state index contributed by atoms with van der Waals surface area (Å²) in [5, 5.41) is 10.9. The van der Waals surface area contributed by atoms with Crippen LogP contribution in [0.1, 0.15) is 22.8 Å². The van der Waals surface area contributed by atoms with Gasteiger partial charge in [-0.2, -0.15) is 0 Å². The minimum absolute atomic E-state index is 0.0348. The number of aromatic hydroxyl groups is 1. The van der Waals surface area contributed by atoms with Gasteiger partial charge in [-0.15, -0.1) is 0 Å². The molecule has 0 radical (unpaired) electrons. The lowest BCUT2D eigenvalue weighted by Crippen LogP contribution is -2.23. The van der Waals surface area contributed by atoms with Gasteiger partial charge in [0.15, 0.2) is 16.7 Å². The number of phenols is 1. The van der Waals surface area contributed by atoms with E-state index in [1.54, 1.807) is 49.5 Å². The lowest BCUT2D eigenvalue weighted by molar-refractivity contribution is -0.121. The number of aliphatic imine (C=N–C) groups is 1. The first-order valence-corrected chi connectivity index (χ1v) is 10.5. The summed E-state index contributed by atoms with van der Waals surface area (Å²) >= 11 is 4.59. The van der Waals surface area contributed by atoms with Crippen molar-refractivity contribution in [2.75, 3.05) is 20.8 Å². The van der Waals surface area contributed by atoms with Gasteiger partial charge < -0.3 is 14.6 Å². The van der Waals surface area contributed by atoms with Gasteiger partial charge >= 0.3 is 5.97 Å². The predicted octanol–water partition coefficient (Wildman–Crippen LogP) is 4.57. The van der Waals surface area contributed by atoms with Gasteiger partial charge in [-0.1, -0.05) is 15.9 Å². The number of carbonyl (C=O) groups is 2. The number of nitrogens with zero attached hydrogens (tertiary/aromatic N) is 2. The number of benzene rings is 2. The molecule has 1 N–H and O–H groups in total. The Hall–Kier alpha value is -2.78. The number of carbonyl (C=O) groups excluding carboxylic acids is 2. The Morgan fingerprint density at radius 3 is 2.63 bits per heavy atom. The highest BCUT2D eigenvalue weighted by atomic mass is 79.9. The van der Waals surface area contributed by atoms with E-state index in [1.165, 1.54) is 23.8 Å². The van der Waals surface area contributed by atoms with Crippen LogP contribution in [0.3, 0.4) is 0 Å². The molecule has 2 aromatic rings. The molecule has 0 aromatic heterocycles. The van der Waals surface area contributed by atoms with E-state index in [4.69, 9.17) is 4.74 Å². The van der Waals surface area contributed by atoms with E-state index in [0.29, 0.717) is 39.2 Å². The van der Waals surface area contributed by atoms with E-state index in [2.05, 4.69) is 25.7 Å². The van der Waals surface area contributed by atoms with Crippen molar-refractivity contribution in [1.82, 2.24) is 4.90 Å². The average molecular weight is 491 g/mol. The third kappa shape index (κ3) is 4.68. The number of hydrogen-bond acceptors (Lipinski definition) is 7. The van der Waals surface area contributed by atoms with E-state index in [9.17, 15) is 14.7 Å². The number of esters is 1. The monoisotopic (exact) mass is 490 g/mol. The normalized spacial score (nSPS) is 16.4. The lowest BCUT2D eigenvalue weighted by atomic mass is 10.1. The highest BCUT2D eigenvalue weighted by molar-refractivity contribution is 9.10. The quantitative estimate of drug-likeness (QED) is 0.487. The number of ether oxygens (including phenoxy) is 2. The Balaban J connectivity index is 1.89. The number of thioether (sulfide) groups is 1. The molecule has 0 spiro atoms. The third-order valence-corrected chi connectivity index (χ3v) is 5.69. The van der Waals surface area contributed by atoms with Crippen molar-refractivity contribution in [2.24, 2.45) is 4.99 Å². The van der Waals surface area contributed by atoms with Gasteiger partial charge in [0.25, 0.3) is 5.91 Å². The van der Waals surface area contributed by atoms with Gasteiger partial charge in [-0.3, -0.25) is 9.69 Å². The highest BCUT2D eigenvalue weighted by Gasteiger charge is 2.30. The van der Waals surface area contributed by atoms with Crippen molar-refractivity contribution >= 4 is 56.5 Å². The summed E-state index contributed by atoms with van der Waals surface area (Å²) in [5.74, 6) is -0.362. The Morgan fingerprint density at radius 2 is 2.00 bits per heavy atom. The topological polar surface area (TPSA) is 88.4 Å². The number of amides is 1. The maximum atomic E-state index is 12.7. The van der Waals surface area contributed by atoms with Crippen LogP contribution in [0.5, 0.6) is 11.5 Å². The molecule has 1 heterocycles. The number of hydrogen-bond donors (Lipinski definition) is 1. The van der Waals surface area contributed by atoms with Crippen LogP contribution in [-0.4, -0.2) is 47.8 Å². The van der Waals surface area contributed by atoms with Crippen LogP contribution in [0.4, 0.5) is 5.69 Å². The van der Waals surface area contributed by atoms with Crippen LogP contribution >= 0.6 is 27.7 Å². The van der Waals surface area contributed by atoms with Crippen molar-refractivity contribution in [2.45, 2.75) is 6.92 Å². The second-order valence-electron chi connectivity index (χ2n) is 6.18. The minimum atomic E-state index is -0.429. The van der Waals surface area contributed by atoms with Crippen LogP contribution in [0.25, 0.3) is 6.08 Å². The maximum Gasteiger partial charge on any atom is 0.337 e. The summed E-state index contributed by atoms with van der Waals surface area (Å²) in [7, 11) is 2.95. The lowest BCUT2D eigenvalue weighted by Gasteiger charge is -2.09. The van der Waals surface area contributed by atoms with E-state index >= 15 is 0 Å². The zero-order chi connectivity index (χ0) is 21.8. The van der Waals surface area contributed by atoms with Gasteiger partial charge in [0, 0.05) is 17.1 Å². The minimum Gasteiger partial charge on any atom is -0.504 e. The first-order chi connectivity index (χ1) is 14.3. The summed E-state index contributed by atoms with van der Waals surface area (Å²) in [6, 6.07) is 9.94. The molecule has 1 saturated heterocycles. The average Bonchev–Trinajstić information content (AvgIpc) is 2.99. The first-order valence-electron chi connectivity index (χ1n) is 8.94. The highest BCUT2D eigenvalue weighted by Crippen LogP contribution is 2.39. The molecule has 0 unspecified atom stereocenters. The Labute approximate surface area is 186 Å². The van der Waals surface area contributed by atoms with E-state index in [-0.39, 0.29) is 11.7 Å². The number of methoxy groups -OCH3 is 1. The van der Waals surface area contributed by atoms with Gasteiger partial charge in [0.2, 0.25) is 0 Å². The van der Waals surface area contributed by atoms with Crippen LogP contribution in [0.15, 0.2) is 50.8 Å². The van der Waals surface area contributed by atoms with Crippen molar-refractivity contribution in [3.05, 3.63) is 56.9 Å². The number of amidine groups is 1. The molecule has 0 bridgehead atoms. The standard InChI is InChI=1S/C21H19BrN2O5S/c1-4-29-16-11-14(22)9-13(18(16)25)10-17-19(26)24(2)21(30-17)23-15-7-5-12(6-8-15)20(27)28-3/h5-11,25H,4H2,1-3H3. The number of phenolic OH excluding ortho intramolecular Hbond substituents is 1. The predicted molar refractivity (Wildman–Crippen MR) is 120 cm³/mol. The first kappa shape index (κ1) is 21.9. The Bertz CT molecular complexity index is 1050. The van der Waals surface area contributed by atoms with Gasteiger partial charge in [0.1, 0.15) is 0 Å². The Kier molecular flexibility index (Phi) is 6.84. The van der Waals surface area contributed by atoms with Crippen LogP contribution in [0, 0.1) is 0 Å². The molecule has 2 aromatic carbocycles. The van der Waals surface area contributed by atoms with Gasteiger partial charge in [-0.05, 0) is 61.2 Å². The van der Waals surface area contributed by atoms with Crippen molar-refractivity contribution < 1.29 is 24.2 Å². The molecule has 1 aliphatic heterocycles. The summed E-state index contributed by atoms with van der Waals surface area (Å²) in [5.41, 5.74) is 1.47. The third-order valence-electron chi connectivity index (χ3n) is 4.17. The molecule has 0 aliphatic carbocycles. The van der Waals surface area contributed by atoms with E-state index in [0.717, 1.165) is 4.47 Å². The molecule has 1 aliphatic rings. The summed E-state index contributed by atoms with van der Waals surface area (Å²) < 4.78 is 10.8. The fourth-order valence-electron chi connectivity index (χ4n) is 2.66. The largest absolute Gasteiger partial charge is 0.504 e. The van der Waals surface area contributed by atoms with Crippen molar-refractivity contribution in [3.8, 4) is 11.5 Å². The molecule has 3 rings (SSSR count). The molecule has 0 saturated carbocycles. The number of likely N-dealkylation sites (N-methyl/N-ethyl adjacent to an activating group) is 1. The van der Waals surface area contributed by atoms with Gasteiger partial charge in [0.05, 0.1) is 29.9 Å². The number of halogens is 1. The summed E-state index contributed by atoms with van der Waals surface area (Å²) in [6.07, 6.45) is 1.61. The molecule has 1 amide bonds. The molecule has 30 heavy (non-hydrogen) atoms. The fourth-order valence-corrected chi connectivity index (χ4v) is 4.10. The number of rotatable bonds is 5. The van der Waals surface area contributed by atoms with Gasteiger partial charge in [-0.25, -0.2) is 9.79 Å². The molecular formula is C21H19BrN2O5S. The molecule has 9 heteroatoms. The van der Waals surface area contributed by atoms with Crippen molar-refractivity contribution in [1.29, 1.82) is 0 Å². The van der Waals surface area contributed by atoms with Crippen LogP contribution < -0.4 is 4.74 Å². The molecule has 1 fully saturated rings. The molecule has 0 atom stereocenters. The summed E-state index contributed by atoms with van der Waals surface area (Å²) in [6.45, 7) is 2.23. The molecule has 7 nitrogen and oxygen atoms in total. The zero-order valence-corrected chi connectivity index (χ0v) is 18.9. The summed E-state index contributed by atoms with van der Waals surface area (Å²) in [4.78, 5) is 30.6. The molecular weight excluding hydrogens is 472 g/mol. The van der Waals surface area contributed by atoms with E-state index < -0.39 is 5.97 Å². The Morgan fingerprint density at radius 1 is 1.30 bits per heavy atom.